The number of nitrogens with zero attached hydrogens (tertiary/aromatic N) is 8. The molecule has 13 rings (SSSR count). The minimum Gasteiger partial charge on any atom is -0.357 e. The van der Waals surface area contributed by atoms with Crippen molar-refractivity contribution in [1.82, 2.24) is 39.9 Å². The zero-order chi connectivity index (χ0) is 63.4. The second kappa shape index (κ2) is 19.0. The van der Waals surface area contributed by atoms with Gasteiger partial charge in [0.1, 0.15) is 0 Å². The van der Waals surface area contributed by atoms with Gasteiger partial charge in [-0.15, -0.1) is 0 Å². The van der Waals surface area contributed by atoms with Gasteiger partial charge >= 0.3 is 66.5 Å². The van der Waals surface area contributed by atoms with Crippen LogP contribution in [0.25, 0.3) is 133 Å². The largest absolute Gasteiger partial charge is 2.00 e. The van der Waals surface area contributed by atoms with Gasteiger partial charge in [0.15, 0.2) is 0 Å². The molecule has 0 spiro atoms. The molecule has 11 aromatic rings. The molecule has 459 valence electrons. The average Bonchev–Trinajstić information content (AvgIpc) is 1.68. The summed E-state index contributed by atoms with van der Waals surface area (Å²) in [6, 6.07) is 7.67. The molecule has 0 saturated heterocycles. The first-order chi connectivity index (χ1) is 40.6. The summed E-state index contributed by atoms with van der Waals surface area (Å²) in [6.07, 6.45) is -45.3. The van der Waals surface area contributed by atoms with Crippen molar-refractivity contribution < 1.29 is 122 Å². The molecule has 2 aliphatic rings. The topological polar surface area (TPSA) is 106 Å². The second-order valence-corrected chi connectivity index (χ2v) is 20.0. The molecule has 0 unspecified atom stereocenters. The van der Waals surface area contributed by atoms with E-state index < -0.39 is 227 Å². The van der Waals surface area contributed by atoms with Crippen LogP contribution in [-0.2, 0) is 66.5 Å². The number of benzene rings is 8. The number of hydrogen-bond donors (Lipinski definition) is 0. The van der Waals surface area contributed by atoms with E-state index in [-0.39, 0.29) is 65.6 Å². The first kappa shape index (κ1) is 60.3. The Labute approximate surface area is 484 Å². The Morgan fingerprint density at radius 1 is 0.202 bits per heavy atom. The van der Waals surface area contributed by atoms with Gasteiger partial charge in [0.2, 0.25) is 0 Å². The van der Waals surface area contributed by atoms with Crippen molar-refractivity contribution in [3.8, 4) is 45.6 Å². The summed E-state index contributed by atoms with van der Waals surface area (Å²) in [7, 11) is 0. The van der Waals surface area contributed by atoms with E-state index in [1.54, 1.807) is 0 Å². The van der Waals surface area contributed by atoms with E-state index in [1.807, 2.05) is 0 Å². The molecular weight excluding hydrogens is 1300 g/mol. The molecule has 89 heavy (non-hydrogen) atoms. The first-order valence-electron chi connectivity index (χ1n) is 24.4. The van der Waals surface area contributed by atoms with Gasteiger partial charge < -0.3 is 29.9 Å². The molecule has 3 aromatic heterocycles. The van der Waals surface area contributed by atoms with E-state index in [1.165, 1.54) is 0 Å². The van der Waals surface area contributed by atoms with Gasteiger partial charge in [-0.3, -0.25) is 0 Å². The number of halogens is 24. The summed E-state index contributed by atoms with van der Waals surface area (Å²) in [4.78, 5) is 35.1. The summed E-state index contributed by atoms with van der Waals surface area (Å²) in [5.74, 6) is -2.79. The number of alkyl halides is 24. The van der Waals surface area contributed by atoms with Gasteiger partial charge in [-0.05, 0) is 162 Å². The molecule has 8 bridgehead atoms. The molecule has 8 aromatic carbocycles. The summed E-state index contributed by atoms with van der Waals surface area (Å²) >= 11 is 0. The van der Waals surface area contributed by atoms with Crippen molar-refractivity contribution >= 4 is 87.2 Å². The third-order valence-electron chi connectivity index (χ3n) is 14.5. The van der Waals surface area contributed by atoms with Gasteiger partial charge in [0, 0.05) is 44.8 Å². The fourth-order valence-electron chi connectivity index (χ4n) is 10.7. The molecule has 33 heteroatoms. The van der Waals surface area contributed by atoms with Crippen molar-refractivity contribution in [2.75, 3.05) is 0 Å². The Bertz CT molecular complexity index is 4480. The van der Waals surface area contributed by atoms with Crippen LogP contribution in [-0.4, -0.2) is 29.9 Å². The van der Waals surface area contributed by atoms with Gasteiger partial charge in [0.05, 0.1) is 67.8 Å². The summed E-state index contributed by atoms with van der Waals surface area (Å²) < 4.78 is 345. The predicted molar refractivity (Wildman–Crippen MR) is 264 cm³/mol. The van der Waals surface area contributed by atoms with Gasteiger partial charge in [0.25, 0.3) is 0 Å². The number of rotatable bonds is 0. The monoisotopic (exact) mass is 1320 g/mol. The van der Waals surface area contributed by atoms with E-state index in [2.05, 4.69) is 39.9 Å². The van der Waals surface area contributed by atoms with Crippen molar-refractivity contribution in [3.05, 3.63) is 142 Å². The van der Waals surface area contributed by atoms with Crippen LogP contribution < -0.4 is 9.97 Å². The smallest absolute Gasteiger partial charge is 0.357 e. The van der Waals surface area contributed by atoms with E-state index in [4.69, 9.17) is 0 Å². The fourth-order valence-corrected chi connectivity index (χ4v) is 10.7. The molecular formula is C56H16CuF24N8. The van der Waals surface area contributed by atoms with E-state index in [0.29, 0.717) is 0 Å². The molecule has 0 N–H and O–H groups in total. The quantitative estimate of drug-likeness (QED) is 0.109. The van der Waals surface area contributed by atoms with Gasteiger partial charge in [-0.25, -0.2) is 9.97 Å². The SMILES string of the molecule is FC(F)(F)c1cc2cc3c(cc2cc1C(F)(F)F)-c1nc-3nc2[n-]c(nc3nc(nc4[n-]c(n1)c1cc5cc(C(F)(F)F)c(C(F)(F)F)cc5cc41)-c1cc4cc(C(F)(F)F)c(C(F)(F)F)cc4cc1-3)c1cc3cc(C(F)(F)F)c(C(F)(F)F)cc3cc21.[Cu+2]. The van der Waals surface area contributed by atoms with Crippen molar-refractivity contribution in [2.45, 2.75) is 49.4 Å². The van der Waals surface area contributed by atoms with Gasteiger partial charge in [-0.2, -0.15) is 105 Å². The first-order valence-corrected chi connectivity index (χ1v) is 24.4. The van der Waals surface area contributed by atoms with Crippen LogP contribution >= 0.6 is 0 Å². The Morgan fingerprint density at radius 3 is 0.494 bits per heavy atom. The van der Waals surface area contributed by atoms with Crippen molar-refractivity contribution in [3.63, 3.8) is 0 Å². The molecule has 1 radical (unpaired) electrons. The summed E-state index contributed by atoms with van der Waals surface area (Å²) in [6.45, 7) is 0. The molecule has 8 nitrogen and oxygen atoms in total. The molecule has 0 amide bonds. The Balaban J connectivity index is 0.00000769. The maximum Gasteiger partial charge on any atom is 2.00 e. The van der Waals surface area contributed by atoms with Crippen LogP contribution in [0, 0.1) is 0 Å². The van der Waals surface area contributed by atoms with E-state index in [0.717, 1.165) is 48.5 Å². The zero-order valence-corrected chi connectivity index (χ0v) is 43.1. The standard InChI is InChI=1S/C56H16F24N8.Cu/c57-49(58,59)33-9-17-1-25-26(2-18(17)10-34(33)50(60,61)62)42-81-41(25)85-43-27-3-19-11-35(51(63,64)65)36(52(66,67)68)12-20(19)4-28(27)45(82-43)87-47-31-7-23-15-39(55(75,76)77)40(56(78,79)80)16-24(23)8-32(31)48(84-47)88-46-30-6-22-14-38(54(72,73)74)37(53(69,70)71)13-21(22)5-29(30)44(83-46)86-42;/h1-16H;/q-2;+2. The predicted octanol–water partition coefficient (Wildman–Crippen LogP) is 18.9. The zero-order valence-electron chi connectivity index (χ0n) is 42.2. The molecule has 0 saturated carbocycles. The average molecular weight is 1320 g/mol. The summed E-state index contributed by atoms with van der Waals surface area (Å²) in [5, 5.41) is -6.38. The molecule has 0 fully saturated rings. The molecule has 2 aliphatic heterocycles. The molecule has 5 heterocycles. The number of fused-ring (bicyclic) bond motifs is 24. The van der Waals surface area contributed by atoms with E-state index in [9.17, 15) is 105 Å². The van der Waals surface area contributed by atoms with Crippen molar-refractivity contribution in [1.29, 1.82) is 0 Å². The second-order valence-electron chi connectivity index (χ2n) is 20.0. The Morgan fingerprint density at radius 2 is 0.348 bits per heavy atom. The van der Waals surface area contributed by atoms with Crippen molar-refractivity contribution in [2.24, 2.45) is 0 Å². The minimum absolute atomic E-state index is 0. The molecule has 0 aliphatic carbocycles. The third-order valence-corrected chi connectivity index (χ3v) is 14.5. The maximum atomic E-state index is 14.4. The third kappa shape index (κ3) is 10.1. The van der Waals surface area contributed by atoms with Crippen LogP contribution in [0.4, 0.5) is 105 Å². The number of hydrogen-bond acceptors (Lipinski definition) is 6. The van der Waals surface area contributed by atoms with E-state index >= 15 is 0 Å². The van der Waals surface area contributed by atoms with Crippen LogP contribution in [0.15, 0.2) is 97.1 Å². The summed E-state index contributed by atoms with van der Waals surface area (Å²) in [5.41, 5.74) is -21.9. The number of aromatic nitrogens is 8. The van der Waals surface area contributed by atoms with Crippen LogP contribution in [0.2, 0.25) is 0 Å². The fraction of sp³-hybridized carbons (Fsp3) is 0.143. The van der Waals surface area contributed by atoms with Crippen LogP contribution in [0.5, 0.6) is 0 Å². The normalized spacial score (nSPS) is 13.8. The van der Waals surface area contributed by atoms with Crippen LogP contribution in [0.3, 0.4) is 0 Å². The van der Waals surface area contributed by atoms with Crippen LogP contribution in [0.1, 0.15) is 44.5 Å². The van der Waals surface area contributed by atoms with Gasteiger partial charge in [-0.1, -0.05) is 0 Å². The molecule has 0 atom stereocenters. The minimum atomic E-state index is -5.66. The maximum absolute atomic E-state index is 14.4. The Kier molecular flexibility index (Phi) is 12.9. The Hall–Kier alpha value is -9.00.